The Morgan fingerprint density at radius 2 is 1.68 bits per heavy atom. The van der Waals surface area contributed by atoms with Crippen LogP contribution in [0, 0.1) is 11.6 Å². The lowest BCUT2D eigenvalue weighted by Gasteiger charge is -2.10. The van der Waals surface area contributed by atoms with Gasteiger partial charge >= 0.3 is 0 Å². The monoisotopic (exact) mass is 430 g/mol. The van der Waals surface area contributed by atoms with Crippen LogP contribution in [0.3, 0.4) is 0 Å². The van der Waals surface area contributed by atoms with Crippen molar-refractivity contribution < 1.29 is 8.78 Å². The zero-order valence-electron chi connectivity index (χ0n) is 16.4. The first-order chi connectivity index (χ1) is 15.1. The number of nitrogens with zero attached hydrogens (tertiary/aromatic N) is 2. The molecule has 0 saturated heterocycles. The predicted molar refractivity (Wildman–Crippen MR) is 124 cm³/mol. The fraction of sp³-hybridized carbons (Fsp3) is 0.0385. The Morgan fingerprint density at radius 3 is 2.48 bits per heavy atom. The van der Waals surface area contributed by atoms with Gasteiger partial charge in [0.15, 0.2) is 0 Å². The number of fused-ring (bicyclic) bond motifs is 1. The van der Waals surface area contributed by atoms with Gasteiger partial charge in [-0.3, -0.25) is 4.99 Å². The van der Waals surface area contributed by atoms with Gasteiger partial charge in [-0.2, -0.15) is 0 Å². The molecule has 5 rings (SSSR count). The summed E-state index contributed by atoms with van der Waals surface area (Å²) in [5.74, 6) is -0.646. The highest BCUT2D eigenvalue weighted by atomic mass is 35.5. The minimum Gasteiger partial charge on any atom is -0.314 e. The zero-order valence-corrected chi connectivity index (χ0v) is 17.2. The second-order valence-corrected chi connectivity index (χ2v) is 7.78. The first kappa shape index (κ1) is 19.5. The van der Waals surface area contributed by atoms with Gasteiger partial charge in [-0.25, -0.2) is 8.78 Å². The maximum Gasteiger partial charge on any atom is 0.148 e. The van der Waals surface area contributed by atoms with Crippen LogP contribution in [-0.4, -0.2) is 17.3 Å². The quantitative estimate of drug-likeness (QED) is 0.329. The molecule has 0 radical (unpaired) electrons. The molecule has 0 fully saturated rings. The van der Waals surface area contributed by atoms with E-state index in [0.29, 0.717) is 17.3 Å². The number of aliphatic imine (C=N–C) groups is 1. The van der Waals surface area contributed by atoms with Crippen molar-refractivity contribution >= 4 is 39.9 Å². The molecule has 152 valence electrons. The van der Waals surface area contributed by atoms with Crippen LogP contribution in [0.15, 0.2) is 90.1 Å². The Bertz CT molecular complexity index is 1380. The van der Waals surface area contributed by atoms with E-state index in [1.54, 1.807) is 30.5 Å². The Hall–Kier alpha value is -3.50. The van der Waals surface area contributed by atoms with Gasteiger partial charge in [0.1, 0.15) is 11.6 Å². The van der Waals surface area contributed by atoms with Crippen molar-refractivity contribution in [2.75, 3.05) is 6.54 Å². The lowest BCUT2D eigenvalue weighted by atomic mass is 9.98. The smallest absolute Gasteiger partial charge is 0.148 e. The van der Waals surface area contributed by atoms with E-state index in [4.69, 9.17) is 11.6 Å². The van der Waals surface area contributed by atoms with Crippen molar-refractivity contribution in [3.63, 3.8) is 0 Å². The van der Waals surface area contributed by atoms with E-state index in [1.807, 2.05) is 41.1 Å². The highest BCUT2D eigenvalue weighted by Gasteiger charge is 2.12. The Balaban J connectivity index is 1.59. The number of hydrogen-bond donors (Lipinski definition) is 0. The molecule has 0 N–H and O–H groups in total. The number of hydrogen-bond acceptors (Lipinski definition) is 1. The number of rotatable bonds is 3. The second-order valence-electron chi connectivity index (χ2n) is 7.34. The summed E-state index contributed by atoms with van der Waals surface area (Å²) in [6, 6.07) is 19.1. The standard InChI is InChI=1S/C26H17ClF2N2/c27-22-5-8-25(24(29)15-22)31-12-10-18-1-2-19(14-26(18)31)20-9-11-30-16-21(13-20)17-3-6-23(28)7-4-17/h1-15H,16H2. The Labute approximate surface area is 183 Å². The maximum atomic E-state index is 14.5. The molecule has 31 heavy (non-hydrogen) atoms. The number of allylic oxidation sites excluding steroid dienone is 3. The van der Waals surface area contributed by atoms with Crippen LogP contribution in [-0.2, 0) is 0 Å². The van der Waals surface area contributed by atoms with E-state index < -0.39 is 0 Å². The van der Waals surface area contributed by atoms with Gasteiger partial charge in [-0.15, -0.1) is 0 Å². The fourth-order valence-electron chi connectivity index (χ4n) is 3.78. The molecular weight excluding hydrogens is 414 g/mol. The molecule has 0 atom stereocenters. The van der Waals surface area contributed by atoms with Crippen LogP contribution in [0.5, 0.6) is 0 Å². The molecule has 5 heteroatoms. The first-order valence-electron chi connectivity index (χ1n) is 9.82. The summed E-state index contributed by atoms with van der Waals surface area (Å²) in [6.07, 6.45) is 7.65. The second kappa shape index (κ2) is 7.97. The topological polar surface area (TPSA) is 17.3 Å². The fourth-order valence-corrected chi connectivity index (χ4v) is 3.94. The Morgan fingerprint density at radius 1 is 0.871 bits per heavy atom. The summed E-state index contributed by atoms with van der Waals surface area (Å²) in [4.78, 5) is 4.43. The highest BCUT2D eigenvalue weighted by Crippen LogP contribution is 2.30. The summed E-state index contributed by atoms with van der Waals surface area (Å²) in [6.45, 7) is 0.514. The molecule has 0 spiro atoms. The van der Waals surface area contributed by atoms with Crippen LogP contribution < -0.4 is 0 Å². The molecule has 2 heterocycles. The van der Waals surface area contributed by atoms with Gasteiger partial charge in [0, 0.05) is 17.4 Å². The van der Waals surface area contributed by atoms with Crippen LogP contribution in [0.4, 0.5) is 8.78 Å². The van der Waals surface area contributed by atoms with Gasteiger partial charge < -0.3 is 4.57 Å². The van der Waals surface area contributed by atoms with E-state index >= 15 is 0 Å². The summed E-state index contributed by atoms with van der Waals surface area (Å²) in [5.41, 5.74) is 5.22. The van der Waals surface area contributed by atoms with Crippen molar-refractivity contribution in [1.29, 1.82) is 0 Å². The molecular formula is C26H17ClF2N2. The van der Waals surface area contributed by atoms with Crippen molar-refractivity contribution in [2.45, 2.75) is 0 Å². The largest absolute Gasteiger partial charge is 0.314 e. The van der Waals surface area contributed by atoms with E-state index in [2.05, 4.69) is 11.1 Å². The SMILES string of the molecule is Fc1ccc(C2=CC(c3ccc4ccn(-c5ccc(Cl)cc5F)c4c3)=CC=NC2)cc1. The van der Waals surface area contributed by atoms with Gasteiger partial charge in [0.2, 0.25) is 0 Å². The minimum atomic E-state index is -0.380. The van der Waals surface area contributed by atoms with Gasteiger partial charge in [-0.05, 0) is 82.3 Å². The lowest BCUT2D eigenvalue weighted by Crippen LogP contribution is -1.96. The van der Waals surface area contributed by atoms with Gasteiger partial charge in [0.05, 0.1) is 17.7 Å². The third kappa shape index (κ3) is 3.82. The number of halogens is 3. The van der Waals surface area contributed by atoms with Gasteiger partial charge in [-0.1, -0.05) is 35.9 Å². The highest BCUT2D eigenvalue weighted by molar-refractivity contribution is 6.30. The lowest BCUT2D eigenvalue weighted by molar-refractivity contribution is 0.620. The van der Waals surface area contributed by atoms with Crippen LogP contribution in [0.25, 0.3) is 27.7 Å². The third-order valence-electron chi connectivity index (χ3n) is 5.36. The van der Waals surface area contributed by atoms with Crippen LogP contribution in [0.1, 0.15) is 11.1 Å². The summed E-state index contributed by atoms with van der Waals surface area (Å²) in [7, 11) is 0. The summed E-state index contributed by atoms with van der Waals surface area (Å²) < 4.78 is 29.7. The van der Waals surface area contributed by atoms with E-state index in [1.165, 1.54) is 18.2 Å². The van der Waals surface area contributed by atoms with Crippen LogP contribution >= 0.6 is 11.6 Å². The average Bonchev–Trinajstić information content (AvgIpc) is 3.02. The zero-order chi connectivity index (χ0) is 21.4. The molecule has 1 aliphatic heterocycles. The molecule has 2 nitrogen and oxygen atoms in total. The number of aromatic nitrogens is 1. The van der Waals surface area contributed by atoms with Crippen molar-refractivity contribution in [1.82, 2.24) is 4.57 Å². The van der Waals surface area contributed by atoms with Crippen molar-refractivity contribution in [3.05, 3.63) is 113 Å². The molecule has 1 aromatic heterocycles. The van der Waals surface area contributed by atoms with Crippen LogP contribution in [0.2, 0.25) is 5.02 Å². The minimum absolute atomic E-state index is 0.266. The normalized spacial score (nSPS) is 13.8. The maximum absolute atomic E-state index is 14.5. The molecule has 4 aromatic rings. The van der Waals surface area contributed by atoms with Crippen molar-refractivity contribution in [3.8, 4) is 5.69 Å². The van der Waals surface area contributed by atoms with E-state index in [-0.39, 0.29) is 11.6 Å². The average molecular weight is 431 g/mol. The molecule has 3 aromatic carbocycles. The predicted octanol–water partition coefficient (Wildman–Crippen LogP) is 7.11. The molecule has 0 bridgehead atoms. The van der Waals surface area contributed by atoms with Gasteiger partial charge in [0.25, 0.3) is 0 Å². The summed E-state index contributed by atoms with van der Waals surface area (Å²) >= 11 is 5.92. The molecule has 0 amide bonds. The molecule has 0 aliphatic carbocycles. The Kier molecular flexibility index (Phi) is 5.00. The number of benzene rings is 3. The van der Waals surface area contributed by atoms with E-state index in [9.17, 15) is 8.78 Å². The summed E-state index contributed by atoms with van der Waals surface area (Å²) in [5, 5.41) is 1.36. The molecule has 0 saturated carbocycles. The first-order valence-corrected chi connectivity index (χ1v) is 10.2. The third-order valence-corrected chi connectivity index (χ3v) is 5.60. The molecule has 0 unspecified atom stereocenters. The van der Waals surface area contributed by atoms with E-state index in [0.717, 1.165) is 33.2 Å². The molecule has 1 aliphatic rings. The van der Waals surface area contributed by atoms with Crippen molar-refractivity contribution in [2.24, 2.45) is 4.99 Å².